The van der Waals surface area contributed by atoms with E-state index in [1.165, 1.54) is 6.07 Å². The average molecular weight is 281 g/mol. The molecule has 0 aliphatic heterocycles. The van der Waals surface area contributed by atoms with Crippen LogP contribution in [0, 0.1) is 5.82 Å². The molecule has 112 valence electrons. The largest absolute Gasteiger partial charge is 0.485 e. The Bertz CT molecular complexity index is 438. The molecule has 0 amide bonds. The third-order valence-corrected chi connectivity index (χ3v) is 4.08. The monoisotopic (exact) mass is 281 g/mol. The summed E-state index contributed by atoms with van der Waals surface area (Å²) in [5, 5.41) is 13.1. The molecule has 3 nitrogen and oxygen atoms in total. The van der Waals surface area contributed by atoms with Crippen molar-refractivity contribution in [1.29, 1.82) is 0 Å². The molecule has 4 heteroatoms. The quantitative estimate of drug-likeness (QED) is 0.833. The van der Waals surface area contributed by atoms with Crippen molar-refractivity contribution in [3.63, 3.8) is 0 Å². The Morgan fingerprint density at radius 3 is 2.75 bits per heavy atom. The normalized spacial score (nSPS) is 25.0. The summed E-state index contributed by atoms with van der Waals surface area (Å²) in [7, 11) is 1.84. The number of benzene rings is 1. The van der Waals surface area contributed by atoms with Gasteiger partial charge in [0.1, 0.15) is 6.10 Å². The number of nitrogens with one attached hydrogen (secondary N) is 1. The minimum absolute atomic E-state index is 0.0991. The molecule has 1 aliphatic carbocycles. The van der Waals surface area contributed by atoms with Gasteiger partial charge in [-0.15, -0.1) is 0 Å². The summed E-state index contributed by atoms with van der Waals surface area (Å²) < 4.78 is 19.8. The van der Waals surface area contributed by atoms with Crippen LogP contribution in [0.5, 0.6) is 5.75 Å². The average Bonchev–Trinajstić information content (AvgIpc) is 2.65. The van der Waals surface area contributed by atoms with Gasteiger partial charge in [-0.2, -0.15) is 0 Å². The van der Waals surface area contributed by atoms with Crippen LogP contribution < -0.4 is 10.1 Å². The highest BCUT2D eigenvalue weighted by molar-refractivity contribution is 5.31. The summed E-state index contributed by atoms with van der Waals surface area (Å²) >= 11 is 0. The maximum Gasteiger partial charge on any atom is 0.165 e. The van der Waals surface area contributed by atoms with E-state index in [4.69, 9.17) is 4.74 Å². The first-order valence-corrected chi connectivity index (χ1v) is 7.43. The van der Waals surface area contributed by atoms with Crippen LogP contribution in [-0.4, -0.2) is 24.4 Å². The Balaban J connectivity index is 2.08. The Morgan fingerprint density at radius 2 is 2.05 bits per heavy atom. The van der Waals surface area contributed by atoms with Gasteiger partial charge in [-0.1, -0.05) is 18.9 Å². The van der Waals surface area contributed by atoms with Gasteiger partial charge in [-0.25, -0.2) is 4.39 Å². The van der Waals surface area contributed by atoms with E-state index in [1.54, 1.807) is 6.07 Å². The fraction of sp³-hybridized carbons (Fsp3) is 0.625. The van der Waals surface area contributed by atoms with Crippen molar-refractivity contribution >= 4 is 0 Å². The van der Waals surface area contributed by atoms with Gasteiger partial charge in [-0.3, -0.25) is 0 Å². The molecule has 1 aromatic rings. The molecule has 0 heterocycles. The highest BCUT2D eigenvalue weighted by atomic mass is 19.1. The zero-order valence-corrected chi connectivity index (χ0v) is 12.2. The second-order valence-electron chi connectivity index (χ2n) is 5.56. The molecule has 0 aromatic heterocycles. The Hall–Kier alpha value is -1.13. The summed E-state index contributed by atoms with van der Waals surface area (Å²) in [6, 6.07) is 5.13. The maximum atomic E-state index is 14.1. The highest BCUT2D eigenvalue weighted by Crippen LogP contribution is 2.27. The van der Waals surface area contributed by atoms with Crippen molar-refractivity contribution < 1.29 is 14.2 Å². The van der Waals surface area contributed by atoms with Crippen molar-refractivity contribution in [2.45, 2.75) is 57.3 Å². The molecule has 0 radical (unpaired) electrons. The van der Waals surface area contributed by atoms with Crippen LogP contribution in [0.1, 0.15) is 50.6 Å². The Labute approximate surface area is 120 Å². The highest BCUT2D eigenvalue weighted by Gasteiger charge is 2.24. The molecule has 3 unspecified atom stereocenters. The molecule has 2 N–H and O–H groups in total. The van der Waals surface area contributed by atoms with Crippen molar-refractivity contribution in [1.82, 2.24) is 5.32 Å². The summed E-state index contributed by atoms with van der Waals surface area (Å²) in [4.78, 5) is 0. The van der Waals surface area contributed by atoms with Gasteiger partial charge in [0.05, 0.1) is 6.10 Å². The fourth-order valence-electron chi connectivity index (χ4n) is 2.60. The molecule has 1 aliphatic rings. The van der Waals surface area contributed by atoms with Gasteiger partial charge in [0.2, 0.25) is 0 Å². The number of aliphatic hydroxyl groups excluding tert-OH is 1. The number of ether oxygens (including phenoxy) is 1. The smallest absolute Gasteiger partial charge is 0.165 e. The number of hydrogen-bond donors (Lipinski definition) is 2. The molecule has 20 heavy (non-hydrogen) atoms. The van der Waals surface area contributed by atoms with Crippen LogP contribution in [0.4, 0.5) is 4.39 Å². The number of hydrogen-bond acceptors (Lipinski definition) is 3. The minimum atomic E-state index is -0.493. The second-order valence-corrected chi connectivity index (χ2v) is 5.56. The molecule has 1 aromatic carbocycles. The van der Waals surface area contributed by atoms with E-state index in [2.05, 4.69) is 5.32 Å². The van der Waals surface area contributed by atoms with E-state index in [0.29, 0.717) is 0 Å². The lowest BCUT2D eigenvalue weighted by molar-refractivity contribution is 0.0298. The van der Waals surface area contributed by atoms with Gasteiger partial charge in [0, 0.05) is 6.04 Å². The summed E-state index contributed by atoms with van der Waals surface area (Å²) in [6.45, 7) is 1.98. The topological polar surface area (TPSA) is 41.5 Å². The van der Waals surface area contributed by atoms with Crippen LogP contribution in [0.2, 0.25) is 0 Å². The van der Waals surface area contributed by atoms with E-state index in [0.717, 1.165) is 37.7 Å². The van der Waals surface area contributed by atoms with Crippen molar-refractivity contribution in [2.24, 2.45) is 0 Å². The number of aliphatic hydroxyl groups is 1. The van der Waals surface area contributed by atoms with Gasteiger partial charge in [0.15, 0.2) is 11.6 Å². The van der Waals surface area contributed by atoms with Gasteiger partial charge < -0.3 is 15.2 Å². The number of halogens is 1. The lowest BCUT2D eigenvalue weighted by Crippen LogP contribution is -2.30. The van der Waals surface area contributed by atoms with Crippen molar-refractivity contribution in [3.05, 3.63) is 29.6 Å². The molecule has 0 bridgehead atoms. The third-order valence-electron chi connectivity index (χ3n) is 4.08. The van der Waals surface area contributed by atoms with E-state index < -0.39 is 6.10 Å². The second kappa shape index (κ2) is 7.04. The molecule has 0 spiro atoms. The lowest BCUT2D eigenvalue weighted by atomic mass is 10.1. The SMILES string of the molecule is CNC(C)c1ccc(OC2CCCCCC2O)c(F)c1. The zero-order chi connectivity index (χ0) is 14.5. The molecule has 2 rings (SSSR count). The maximum absolute atomic E-state index is 14.1. The van der Waals surface area contributed by atoms with Crippen molar-refractivity contribution in [3.8, 4) is 5.75 Å². The molecular weight excluding hydrogens is 257 g/mol. The van der Waals surface area contributed by atoms with Gasteiger partial charge in [0.25, 0.3) is 0 Å². The molecule has 1 fully saturated rings. The van der Waals surface area contributed by atoms with Crippen LogP contribution in [0.3, 0.4) is 0 Å². The summed E-state index contributed by atoms with van der Waals surface area (Å²) in [6.07, 6.45) is 3.89. The molecule has 3 atom stereocenters. The first-order valence-electron chi connectivity index (χ1n) is 7.43. The van der Waals surface area contributed by atoms with Gasteiger partial charge >= 0.3 is 0 Å². The van der Waals surface area contributed by atoms with Crippen LogP contribution in [0.25, 0.3) is 0 Å². The predicted octanol–water partition coefficient (Wildman–Crippen LogP) is 3.18. The van der Waals surface area contributed by atoms with E-state index in [-0.39, 0.29) is 23.7 Å². The van der Waals surface area contributed by atoms with Crippen LogP contribution in [0.15, 0.2) is 18.2 Å². The Kier molecular flexibility index (Phi) is 5.38. The van der Waals surface area contributed by atoms with E-state index in [9.17, 15) is 9.50 Å². The lowest BCUT2D eigenvalue weighted by Gasteiger charge is -2.22. The van der Waals surface area contributed by atoms with Crippen LogP contribution in [-0.2, 0) is 0 Å². The summed E-state index contributed by atoms with van der Waals surface area (Å²) in [5.41, 5.74) is 0.888. The van der Waals surface area contributed by atoms with Gasteiger partial charge in [-0.05, 0) is 50.9 Å². The first-order chi connectivity index (χ1) is 9.61. The first kappa shape index (κ1) is 15.3. The zero-order valence-electron chi connectivity index (χ0n) is 12.2. The molecular formula is C16H24FNO2. The minimum Gasteiger partial charge on any atom is -0.485 e. The van der Waals surface area contributed by atoms with Crippen molar-refractivity contribution in [2.75, 3.05) is 7.05 Å². The summed E-state index contributed by atoms with van der Waals surface area (Å²) in [5.74, 6) is -0.121. The van der Waals surface area contributed by atoms with E-state index in [1.807, 2.05) is 20.0 Å². The number of rotatable bonds is 4. The standard InChI is InChI=1S/C16H24FNO2/c1-11(18-2)12-8-9-15(13(17)10-12)20-16-7-5-3-4-6-14(16)19/h8-11,14,16,18-19H,3-7H2,1-2H3. The Morgan fingerprint density at radius 1 is 1.30 bits per heavy atom. The fourth-order valence-corrected chi connectivity index (χ4v) is 2.60. The third kappa shape index (κ3) is 3.70. The molecule has 1 saturated carbocycles. The van der Waals surface area contributed by atoms with E-state index >= 15 is 0 Å². The predicted molar refractivity (Wildman–Crippen MR) is 77.4 cm³/mol. The van der Waals surface area contributed by atoms with Crippen LogP contribution >= 0.6 is 0 Å². The molecule has 0 saturated heterocycles.